The van der Waals surface area contributed by atoms with E-state index in [1.807, 2.05) is 7.05 Å². The zero-order valence-electron chi connectivity index (χ0n) is 14.3. The molecule has 1 heterocycles. The minimum Gasteiger partial charge on any atom is -0.356 e. The molecule has 0 aliphatic rings. The molecule has 9 heteroatoms. The lowest BCUT2D eigenvalue weighted by atomic mass is 10.2. The van der Waals surface area contributed by atoms with Gasteiger partial charge in [-0.1, -0.05) is 11.6 Å². The number of halogens is 1. The summed E-state index contributed by atoms with van der Waals surface area (Å²) >= 11 is 5.81. The van der Waals surface area contributed by atoms with Crippen molar-refractivity contribution in [2.75, 3.05) is 18.9 Å². The zero-order valence-corrected chi connectivity index (χ0v) is 15.0. The summed E-state index contributed by atoms with van der Waals surface area (Å²) in [7, 11) is 3.53. The van der Waals surface area contributed by atoms with Gasteiger partial charge in [0.1, 0.15) is 12.2 Å². The van der Waals surface area contributed by atoms with Crippen molar-refractivity contribution < 1.29 is 4.79 Å². The molecule has 0 aliphatic heterocycles. The first kappa shape index (κ1) is 18.7. The Kier molecular flexibility index (Phi) is 7.21. The Morgan fingerprint density at radius 3 is 2.68 bits per heavy atom. The van der Waals surface area contributed by atoms with E-state index in [9.17, 15) is 4.79 Å². The van der Waals surface area contributed by atoms with E-state index in [0.717, 1.165) is 11.5 Å². The Bertz CT molecular complexity index is 712. The number of hydrogen-bond donors (Lipinski definition) is 3. The molecule has 0 saturated carbocycles. The van der Waals surface area contributed by atoms with Gasteiger partial charge in [0.25, 0.3) is 0 Å². The summed E-state index contributed by atoms with van der Waals surface area (Å²) in [5, 5.41) is 13.8. The number of aryl methyl sites for hydroxylation is 1. The normalized spacial score (nSPS) is 11.2. The molecule has 3 N–H and O–H groups in total. The summed E-state index contributed by atoms with van der Waals surface area (Å²) < 4.78 is 1.70. The number of anilines is 1. The van der Waals surface area contributed by atoms with Gasteiger partial charge in [0.15, 0.2) is 5.96 Å². The van der Waals surface area contributed by atoms with Crippen molar-refractivity contribution in [2.24, 2.45) is 12.0 Å². The van der Waals surface area contributed by atoms with Crippen LogP contribution in [-0.2, 0) is 18.4 Å². The van der Waals surface area contributed by atoms with Crippen molar-refractivity contribution in [1.29, 1.82) is 0 Å². The third kappa shape index (κ3) is 6.42. The van der Waals surface area contributed by atoms with Crippen molar-refractivity contribution >= 4 is 29.2 Å². The molecule has 134 valence electrons. The third-order valence-corrected chi connectivity index (χ3v) is 3.70. The van der Waals surface area contributed by atoms with Crippen LogP contribution < -0.4 is 16.0 Å². The second kappa shape index (κ2) is 9.63. The minimum absolute atomic E-state index is 0.0360. The molecule has 2 aromatic rings. The fourth-order valence-electron chi connectivity index (χ4n) is 2.08. The first-order valence-corrected chi connectivity index (χ1v) is 8.29. The lowest BCUT2D eigenvalue weighted by molar-refractivity contribution is -0.116. The van der Waals surface area contributed by atoms with E-state index in [-0.39, 0.29) is 5.91 Å². The van der Waals surface area contributed by atoms with E-state index >= 15 is 0 Å². The maximum absolute atomic E-state index is 11.9. The van der Waals surface area contributed by atoms with Gasteiger partial charge in [-0.25, -0.2) is 4.98 Å². The van der Waals surface area contributed by atoms with Crippen LogP contribution in [0.1, 0.15) is 18.7 Å². The van der Waals surface area contributed by atoms with Crippen LogP contribution >= 0.6 is 11.6 Å². The highest BCUT2D eigenvalue weighted by Crippen LogP contribution is 2.13. The molecule has 0 unspecified atom stereocenters. The summed E-state index contributed by atoms with van der Waals surface area (Å²) in [4.78, 5) is 20.2. The van der Waals surface area contributed by atoms with Gasteiger partial charge in [0.2, 0.25) is 5.91 Å². The molecule has 25 heavy (non-hydrogen) atoms. The first-order valence-electron chi connectivity index (χ1n) is 7.91. The Morgan fingerprint density at radius 1 is 1.28 bits per heavy atom. The van der Waals surface area contributed by atoms with E-state index in [1.54, 1.807) is 36.0 Å². The second-order valence-corrected chi connectivity index (χ2v) is 5.75. The molecule has 1 aromatic heterocycles. The standard InChI is InChI=1S/C16H22ClN7O/c1-18-16(20-10-14-21-11-22-24(14)2)19-9-3-4-15(25)23-13-7-5-12(17)6-8-13/h5-8,11H,3-4,9-10H2,1-2H3,(H,23,25)(H2,18,19,20). The monoisotopic (exact) mass is 363 g/mol. The minimum atomic E-state index is -0.0360. The van der Waals surface area contributed by atoms with Crippen LogP contribution in [0.5, 0.6) is 0 Å². The maximum Gasteiger partial charge on any atom is 0.224 e. The molecule has 1 amide bonds. The lowest BCUT2D eigenvalue weighted by Crippen LogP contribution is -2.38. The second-order valence-electron chi connectivity index (χ2n) is 5.31. The molecule has 0 spiro atoms. The number of carbonyl (C=O) groups excluding carboxylic acids is 1. The maximum atomic E-state index is 11.9. The molecule has 0 saturated heterocycles. The number of guanidine groups is 1. The average molecular weight is 364 g/mol. The number of aromatic nitrogens is 3. The average Bonchev–Trinajstić information content (AvgIpc) is 3.01. The predicted molar refractivity (Wildman–Crippen MR) is 98.5 cm³/mol. The van der Waals surface area contributed by atoms with Crippen molar-refractivity contribution in [2.45, 2.75) is 19.4 Å². The summed E-state index contributed by atoms with van der Waals surface area (Å²) in [5.74, 6) is 1.43. The number of carbonyl (C=O) groups is 1. The van der Waals surface area contributed by atoms with Gasteiger partial charge in [0.05, 0.1) is 6.54 Å². The molecule has 0 aliphatic carbocycles. The largest absolute Gasteiger partial charge is 0.356 e. The molecular formula is C16H22ClN7O. The van der Waals surface area contributed by atoms with E-state index in [0.29, 0.717) is 36.9 Å². The molecule has 2 rings (SSSR count). The summed E-state index contributed by atoms with van der Waals surface area (Å²) in [6, 6.07) is 7.03. The van der Waals surface area contributed by atoms with Crippen LogP contribution in [-0.4, -0.2) is 40.2 Å². The zero-order chi connectivity index (χ0) is 18.1. The number of nitrogens with one attached hydrogen (secondary N) is 3. The van der Waals surface area contributed by atoms with E-state index in [2.05, 4.69) is 31.0 Å². The Hall–Kier alpha value is -2.61. The summed E-state index contributed by atoms with van der Waals surface area (Å²) in [6.45, 7) is 1.15. The third-order valence-electron chi connectivity index (χ3n) is 3.44. The lowest BCUT2D eigenvalue weighted by Gasteiger charge is -2.11. The fraction of sp³-hybridized carbons (Fsp3) is 0.375. The summed E-state index contributed by atoms with van der Waals surface area (Å²) in [6.07, 6.45) is 2.60. The van der Waals surface area contributed by atoms with Gasteiger partial charge in [-0.15, -0.1) is 0 Å². The molecule has 0 fully saturated rings. The predicted octanol–water partition coefficient (Wildman–Crippen LogP) is 1.55. The van der Waals surface area contributed by atoms with Gasteiger partial charge >= 0.3 is 0 Å². The van der Waals surface area contributed by atoms with E-state index < -0.39 is 0 Å². The van der Waals surface area contributed by atoms with E-state index in [1.165, 1.54) is 6.33 Å². The number of nitrogens with zero attached hydrogens (tertiary/aromatic N) is 4. The summed E-state index contributed by atoms with van der Waals surface area (Å²) in [5.41, 5.74) is 0.739. The van der Waals surface area contributed by atoms with Crippen LogP contribution in [0.4, 0.5) is 5.69 Å². The van der Waals surface area contributed by atoms with Crippen molar-refractivity contribution in [3.8, 4) is 0 Å². The molecule has 0 atom stereocenters. The number of benzene rings is 1. The smallest absolute Gasteiger partial charge is 0.224 e. The Labute approximate surface area is 151 Å². The topological polar surface area (TPSA) is 96.2 Å². The Morgan fingerprint density at radius 2 is 2.04 bits per heavy atom. The Balaban J connectivity index is 1.64. The first-order chi connectivity index (χ1) is 12.1. The quantitative estimate of drug-likeness (QED) is 0.394. The molecule has 8 nitrogen and oxygen atoms in total. The van der Waals surface area contributed by atoms with Gasteiger partial charge in [-0.3, -0.25) is 14.5 Å². The van der Waals surface area contributed by atoms with Crippen LogP contribution in [0.3, 0.4) is 0 Å². The van der Waals surface area contributed by atoms with Gasteiger partial charge in [-0.2, -0.15) is 5.10 Å². The van der Waals surface area contributed by atoms with Crippen LogP contribution in [0.2, 0.25) is 5.02 Å². The molecule has 1 aromatic carbocycles. The van der Waals surface area contributed by atoms with Crippen LogP contribution in [0.15, 0.2) is 35.6 Å². The van der Waals surface area contributed by atoms with Gasteiger partial charge in [0, 0.05) is 37.8 Å². The highest BCUT2D eigenvalue weighted by molar-refractivity contribution is 6.30. The number of hydrogen-bond acceptors (Lipinski definition) is 4. The highest BCUT2D eigenvalue weighted by Gasteiger charge is 2.04. The molecule has 0 bridgehead atoms. The van der Waals surface area contributed by atoms with Crippen LogP contribution in [0, 0.1) is 0 Å². The highest BCUT2D eigenvalue weighted by atomic mass is 35.5. The van der Waals surface area contributed by atoms with Gasteiger partial charge in [-0.05, 0) is 30.7 Å². The van der Waals surface area contributed by atoms with Crippen molar-refractivity contribution in [3.63, 3.8) is 0 Å². The molecular weight excluding hydrogens is 342 g/mol. The number of amides is 1. The number of aliphatic imine (C=N–C) groups is 1. The van der Waals surface area contributed by atoms with Crippen LogP contribution in [0.25, 0.3) is 0 Å². The SMILES string of the molecule is CN=C(NCCCC(=O)Nc1ccc(Cl)cc1)NCc1ncnn1C. The van der Waals surface area contributed by atoms with E-state index in [4.69, 9.17) is 11.6 Å². The van der Waals surface area contributed by atoms with Crippen molar-refractivity contribution in [3.05, 3.63) is 41.4 Å². The molecule has 0 radical (unpaired) electrons. The van der Waals surface area contributed by atoms with Crippen molar-refractivity contribution in [1.82, 2.24) is 25.4 Å². The number of rotatable bonds is 7. The van der Waals surface area contributed by atoms with Gasteiger partial charge < -0.3 is 16.0 Å². The fourth-order valence-corrected chi connectivity index (χ4v) is 2.20.